The van der Waals surface area contributed by atoms with Gasteiger partial charge in [0.25, 0.3) is 0 Å². The maximum absolute atomic E-state index is 9.10. The summed E-state index contributed by atoms with van der Waals surface area (Å²) in [7, 11) is -4.63. The molecule has 38 valence electrons. The average molecular weight is 112 g/mol. The van der Waals surface area contributed by atoms with Crippen molar-refractivity contribution in [1.82, 2.24) is 0 Å². The van der Waals surface area contributed by atoms with E-state index in [1.807, 2.05) is 0 Å². The van der Waals surface area contributed by atoms with Crippen molar-refractivity contribution in [2.75, 3.05) is 0 Å². The number of hydrogen-bond donors (Lipinski definition) is 1. The Morgan fingerprint density at radius 3 is 1.83 bits per heavy atom. The number of rotatable bonds is 1. The fraction of sp³-hybridized carbons (Fsp3) is 0. The first-order valence-corrected chi connectivity index (χ1v) is 2.24. The highest BCUT2D eigenvalue weighted by molar-refractivity contribution is 7.80. The zero-order chi connectivity index (χ0) is 5.21. The van der Waals surface area contributed by atoms with Crippen LogP contribution in [0, 0.1) is 0 Å². The van der Waals surface area contributed by atoms with Crippen LogP contribution in [0.25, 0.3) is 0 Å². The van der Waals surface area contributed by atoms with Gasteiger partial charge in [0, 0.05) is 0 Å². The zero-order valence-corrected chi connectivity index (χ0v) is 3.44. The Bertz CT molecular complexity index is 110. The summed E-state index contributed by atoms with van der Waals surface area (Å²) in [6, 6.07) is 0. The Labute approximate surface area is 34.6 Å². The van der Waals surface area contributed by atoms with Gasteiger partial charge in [-0.2, -0.15) is 10.2 Å². The molecule has 6 heavy (non-hydrogen) atoms. The van der Waals surface area contributed by atoms with Gasteiger partial charge in [-0.25, -0.2) is 8.42 Å². The van der Waals surface area contributed by atoms with Gasteiger partial charge in [0.1, 0.15) is 0 Å². The smallest absolute Gasteiger partial charge is 0.233 e. The van der Waals surface area contributed by atoms with Gasteiger partial charge in [-0.15, -0.1) is 0 Å². The van der Waals surface area contributed by atoms with E-state index in [1.54, 1.807) is 0 Å². The lowest BCUT2D eigenvalue weighted by Crippen LogP contribution is -2.08. The Morgan fingerprint density at radius 1 is 1.67 bits per heavy atom. The summed E-state index contributed by atoms with van der Waals surface area (Å²) in [6.07, 6.45) is 0. The van der Waals surface area contributed by atoms with Crippen LogP contribution in [0.2, 0.25) is 0 Å². The molecule has 0 aromatic heterocycles. The maximum Gasteiger partial charge on any atom is 0.233 e. The fourth-order valence-electron chi connectivity index (χ4n) is 0. The van der Waals surface area contributed by atoms with Crippen LogP contribution in [-0.2, 0) is 14.7 Å². The van der Waals surface area contributed by atoms with Crippen molar-refractivity contribution >= 4 is 10.4 Å². The lowest BCUT2D eigenvalue weighted by molar-refractivity contribution is 0.270. The van der Waals surface area contributed by atoms with Crippen molar-refractivity contribution in [3.8, 4) is 0 Å². The zero-order valence-electron chi connectivity index (χ0n) is 2.62. The summed E-state index contributed by atoms with van der Waals surface area (Å²) in [6.45, 7) is 0. The van der Waals surface area contributed by atoms with Crippen molar-refractivity contribution in [3.63, 3.8) is 0 Å². The minimum atomic E-state index is -4.63. The lowest BCUT2D eigenvalue weighted by atomic mass is 13.6. The van der Waals surface area contributed by atoms with E-state index in [4.69, 9.17) is 13.0 Å². The van der Waals surface area contributed by atoms with Crippen LogP contribution in [0.1, 0.15) is 0 Å². The average Bonchev–Trinajstić information content (AvgIpc) is 1.35. The molecular formula is H2NO4S-. The van der Waals surface area contributed by atoms with E-state index in [0.29, 0.717) is 0 Å². The standard InChI is InChI=1S/H3NO4S/c1-5-6(2,3)4/h1H2,(H,2,3,4)/p-1. The van der Waals surface area contributed by atoms with Crippen LogP contribution in [0.5, 0.6) is 0 Å². The molecular weight excluding hydrogens is 110 g/mol. The van der Waals surface area contributed by atoms with E-state index < -0.39 is 10.4 Å². The third-order valence-corrected chi connectivity index (χ3v) is 0.354. The summed E-state index contributed by atoms with van der Waals surface area (Å²) in [5.41, 5.74) is 0. The topological polar surface area (TPSA) is 92.5 Å². The second-order valence-electron chi connectivity index (χ2n) is 0.504. The van der Waals surface area contributed by atoms with Gasteiger partial charge < -0.3 is 4.55 Å². The van der Waals surface area contributed by atoms with Crippen molar-refractivity contribution < 1.29 is 17.3 Å². The van der Waals surface area contributed by atoms with E-state index in [2.05, 4.69) is 10.2 Å². The minimum absolute atomic E-state index is 2.85. The third kappa shape index (κ3) is 3.83. The maximum atomic E-state index is 9.10. The van der Waals surface area contributed by atoms with Crippen LogP contribution in [-0.4, -0.2) is 13.0 Å². The Morgan fingerprint density at radius 2 is 1.83 bits per heavy atom. The van der Waals surface area contributed by atoms with Crippen LogP contribution in [0.4, 0.5) is 0 Å². The van der Waals surface area contributed by atoms with Gasteiger partial charge in [-0.05, 0) is 0 Å². The van der Waals surface area contributed by atoms with Gasteiger partial charge in [-0.1, -0.05) is 0 Å². The molecule has 0 atom stereocenters. The van der Waals surface area contributed by atoms with E-state index in [0.717, 1.165) is 0 Å². The van der Waals surface area contributed by atoms with Gasteiger partial charge in [0.15, 0.2) is 0 Å². The van der Waals surface area contributed by atoms with Crippen molar-refractivity contribution in [2.45, 2.75) is 0 Å². The highest BCUT2D eigenvalue weighted by atomic mass is 32.3. The summed E-state index contributed by atoms with van der Waals surface area (Å²) >= 11 is 0. The third-order valence-electron chi connectivity index (χ3n) is 0.118. The first-order chi connectivity index (χ1) is 2.56. The molecule has 0 heterocycles. The molecule has 5 nitrogen and oxygen atoms in total. The molecule has 0 rings (SSSR count). The van der Waals surface area contributed by atoms with E-state index in [9.17, 15) is 0 Å². The van der Waals surface area contributed by atoms with Crippen molar-refractivity contribution in [1.29, 1.82) is 0 Å². The van der Waals surface area contributed by atoms with Gasteiger partial charge >= 0.3 is 0 Å². The molecule has 0 saturated carbocycles. The Balaban J connectivity index is 3.85. The molecule has 0 aromatic carbocycles. The highest BCUT2D eigenvalue weighted by Crippen LogP contribution is 1.70. The molecule has 0 aliphatic heterocycles. The quantitative estimate of drug-likeness (QED) is 0.249. The molecule has 0 amide bonds. The molecule has 6 heteroatoms. The number of nitrogens with two attached hydrogens (primary N) is 1. The molecule has 0 unspecified atom stereocenters. The molecule has 0 spiro atoms. The van der Waals surface area contributed by atoms with Gasteiger partial charge in [0.05, 0.1) is 0 Å². The summed E-state index contributed by atoms with van der Waals surface area (Å²) in [5.74, 6) is 3.91. The predicted molar refractivity (Wildman–Crippen MR) is 15.0 cm³/mol. The first kappa shape index (κ1) is 5.83. The Hall–Kier alpha value is -0.170. The molecule has 0 aliphatic carbocycles. The first-order valence-electron chi connectivity index (χ1n) is 0.902. The second kappa shape index (κ2) is 1.52. The summed E-state index contributed by atoms with van der Waals surface area (Å²) in [4.78, 5) is 0. The van der Waals surface area contributed by atoms with Gasteiger partial charge in [0.2, 0.25) is 10.4 Å². The molecule has 0 fully saturated rings. The minimum Gasteiger partial charge on any atom is -0.724 e. The Kier molecular flexibility index (Phi) is 1.48. The van der Waals surface area contributed by atoms with Gasteiger partial charge in [-0.3, -0.25) is 0 Å². The number of hydrogen-bond acceptors (Lipinski definition) is 5. The highest BCUT2D eigenvalue weighted by Gasteiger charge is 1.80. The lowest BCUT2D eigenvalue weighted by Gasteiger charge is -1.97. The molecule has 0 saturated heterocycles. The van der Waals surface area contributed by atoms with E-state index >= 15 is 0 Å². The predicted octanol–water partition coefficient (Wildman–Crippen LogP) is -1.66. The van der Waals surface area contributed by atoms with Crippen LogP contribution < -0.4 is 5.90 Å². The van der Waals surface area contributed by atoms with Crippen LogP contribution >= 0.6 is 0 Å². The SMILES string of the molecule is NOS(=O)(=O)[O-]. The van der Waals surface area contributed by atoms with Crippen molar-refractivity contribution in [2.24, 2.45) is 5.90 Å². The van der Waals surface area contributed by atoms with Crippen LogP contribution in [0.15, 0.2) is 0 Å². The molecule has 0 aliphatic rings. The second-order valence-corrected chi connectivity index (χ2v) is 1.51. The molecule has 0 radical (unpaired) electrons. The summed E-state index contributed by atoms with van der Waals surface area (Å²) < 4.78 is 30.1. The largest absolute Gasteiger partial charge is 0.724 e. The summed E-state index contributed by atoms with van der Waals surface area (Å²) in [5, 5.41) is 0. The fourth-order valence-corrected chi connectivity index (χ4v) is 0. The molecule has 0 aromatic rings. The van der Waals surface area contributed by atoms with Crippen molar-refractivity contribution in [3.05, 3.63) is 0 Å². The normalized spacial score (nSPS) is 11.7. The van der Waals surface area contributed by atoms with E-state index in [1.165, 1.54) is 0 Å². The monoisotopic (exact) mass is 112 g/mol. The van der Waals surface area contributed by atoms with E-state index in [-0.39, 0.29) is 0 Å². The van der Waals surface area contributed by atoms with Crippen LogP contribution in [0.3, 0.4) is 0 Å². The molecule has 2 N–H and O–H groups in total. The molecule has 0 bridgehead atoms.